The fraction of sp³-hybridized carbons (Fsp3) is 0.118. The van der Waals surface area contributed by atoms with Crippen LogP contribution in [0, 0.1) is 0 Å². The minimum absolute atomic E-state index is 0.0324. The van der Waals surface area contributed by atoms with Crippen LogP contribution >= 0.6 is 0 Å². The molecular formula is C17H20N2O5SSi. The second-order valence-corrected chi connectivity index (χ2v) is 11.5. The third kappa shape index (κ3) is 5.26. The van der Waals surface area contributed by atoms with E-state index in [1.165, 1.54) is 23.7 Å². The van der Waals surface area contributed by atoms with Crippen LogP contribution in [0.15, 0.2) is 59.5 Å². The number of hydrogen-bond acceptors (Lipinski definition) is 5. The van der Waals surface area contributed by atoms with Crippen molar-refractivity contribution in [2.45, 2.75) is 18.0 Å². The standard InChI is InChI=1S/C17H20N2O5SSi/c1-26(2,24)16-9-7-14(8-10-16)19-25(22,23)15-5-3-4-13(12-15)6-11-17(20)18-21/h3-12,19,21,24H,1-2H3,(H,18,20)/b11-6+. The Labute approximate surface area is 153 Å². The van der Waals surface area contributed by atoms with E-state index in [2.05, 4.69) is 4.72 Å². The highest BCUT2D eigenvalue weighted by molar-refractivity contribution is 7.92. The minimum atomic E-state index is -3.81. The van der Waals surface area contributed by atoms with Gasteiger partial charge < -0.3 is 4.80 Å². The van der Waals surface area contributed by atoms with Gasteiger partial charge in [-0.1, -0.05) is 24.3 Å². The number of hydrogen-bond donors (Lipinski definition) is 4. The normalized spacial score (nSPS) is 12.2. The summed E-state index contributed by atoms with van der Waals surface area (Å²) in [5.74, 6) is -0.716. The molecular weight excluding hydrogens is 372 g/mol. The summed E-state index contributed by atoms with van der Waals surface area (Å²) < 4.78 is 27.5. The minimum Gasteiger partial charge on any atom is -0.428 e. The quantitative estimate of drug-likeness (QED) is 0.257. The first kappa shape index (κ1) is 19.9. The van der Waals surface area contributed by atoms with Crippen LogP contribution in [-0.2, 0) is 14.8 Å². The molecule has 0 saturated carbocycles. The maximum absolute atomic E-state index is 12.5. The Bertz CT molecular complexity index is 919. The molecule has 0 saturated heterocycles. The molecule has 0 bridgehead atoms. The van der Waals surface area contributed by atoms with Crippen molar-refractivity contribution in [3.63, 3.8) is 0 Å². The van der Waals surface area contributed by atoms with E-state index in [1.54, 1.807) is 49.5 Å². The molecule has 26 heavy (non-hydrogen) atoms. The van der Waals surface area contributed by atoms with Gasteiger partial charge in [0.1, 0.15) is 0 Å². The Hall–Kier alpha value is -2.46. The average Bonchev–Trinajstić information content (AvgIpc) is 2.59. The number of anilines is 1. The maximum Gasteiger partial charge on any atom is 0.267 e. The molecule has 4 N–H and O–H groups in total. The third-order valence-electron chi connectivity index (χ3n) is 3.55. The number of nitrogens with one attached hydrogen (secondary N) is 2. The molecule has 0 aromatic heterocycles. The monoisotopic (exact) mass is 392 g/mol. The highest BCUT2D eigenvalue weighted by Crippen LogP contribution is 2.17. The molecule has 138 valence electrons. The summed E-state index contributed by atoms with van der Waals surface area (Å²) in [5.41, 5.74) is 2.32. The largest absolute Gasteiger partial charge is 0.428 e. The SMILES string of the molecule is C[Si](C)(O)c1ccc(NS(=O)(=O)c2cccc(/C=C/C(=O)NO)c2)cc1. The zero-order chi connectivity index (χ0) is 19.4. The first-order valence-electron chi connectivity index (χ1n) is 7.70. The van der Waals surface area contributed by atoms with Crippen molar-refractivity contribution in [3.8, 4) is 0 Å². The summed E-state index contributed by atoms with van der Waals surface area (Å²) >= 11 is 0. The molecule has 0 aliphatic carbocycles. The van der Waals surface area contributed by atoms with Crippen LogP contribution in [0.1, 0.15) is 5.56 Å². The van der Waals surface area contributed by atoms with Crippen LogP contribution in [0.2, 0.25) is 13.1 Å². The van der Waals surface area contributed by atoms with Crippen molar-refractivity contribution in [1.29, 1.82) is 0 Å². The van der Waals surface area contributed by atoms with Crippen molar-refractivity contribution in [2.24, 2.45) is 0 Å². The molecule has 0 radical (unpaired) electrons. The predicted octanol–water partition coefficient (Wildman–Crippen LogP) is 1.41. The Morgan fingerprint density at radius 3 is 2.35 bits per heavy atom. The van der Waals surface area contributed by atoms with Gasteiger partial charge in [0.15, 0.2) is 0 Å². The van der Waals surface area contributed by atoms with Gasteiger partial charge in [-0.3, -0.25) is 14.7 Å². The maximum atomic E-state index is 12.5. The Morgan fingerprint density at radius 1 is 1.12 bits per heavy atom. The van der Waals surface area contributed by atoms with Crippen LogP contribution in [0.25, 0.3) is 6.08 Å². The van der Waals surface area contributed by atoms with Gasteiger partial charge in [-0.05, 0) is 54.2 Å². The van der Waals surface area contributed by atoms with Crippen LogP contribution < -0.4 is 15.4 Å². The highest BCUT2D eigenvalue weighted by Gasteiger charge is 2.20. The molecule has 2 aromatic rings. The number of amides is 1. The number of benzene rings is 2. The summed E-state index contributed by atoms with van der Waals surface area (Å²) in [4.78, 5) is 21.1. The van der Waals surface area contributed by atoms with Gasteiger partial charge in [0, 0.05) is 11.8 Å². The first-order valence-corrected chi connectivity index (χ1v) is 12.1. The van der Waals surface area contributed by atoms with Crippen LogP contribution in [0.5, 0.6) is 0 Å². The lowest BCUT2D eigenvalue weighted by Gasteiger charge is -2.15. The fourth-order valence-electron chi connectivity index (χ4n) is 2.15. The summed E-state index contributed by atoms with van der Waals surface area (Å²) in [6.45, 7) is 3.56. The van der Waals surface area contributed by atoms with Crippen LogP contribution in [-0.4, -0.2) is 32.6 Å². The van der Waals surface area contributed by atoms with Crippen molar-refractivity contribution in [2.75, 3.05) is 4.72 Å². The number of carbonyl (C=O) groups is 1. The number of hydroxylamine groups is 1. The van der Waals surface area contributed by atoms with Crippen molar-refractivity contribution in [3.05, 3.63) is 60.2 Å². The molecule has 0 spiro atoms. The lowest BCUT2D eigenvalue weighted by molar-refractivity contribution is -0.124. The molecule has 0 aliphatic heterocycles. The summed E-state index contributed by atoms with van der Waals surface area (Å²) in [7, 11) is -6.26. The highest BCUT2D eigenvalue weighted by atomic mass is 32.2. The smallest absolute Gasteiger partial charge is 0.267 e. The molecule has 1 amide bonds. The molecule has 0 heterocycles. The molecule has 7 nitrogen and oxygen atoms in total. The molecule has 0 aliphatic rings. The molecule has 0 fully saturated rings. The second kappa shape index (κ2) is 7.83. The van der Waals surface area contributed by atoms with Crippen molar-refractivity contribution in [1.82, 2.24) is 5.48 Å². The van der Waals surface area contributed by atoms with E-state index in [-0.39, 0.29) is 4.90 Å². The summed E-state index contributed by atoms with van der Waals surface area (Å²) in [6.07, 6.45) is 2.46. The third-order valence-corrected chi connectivity index (χ3v) is 6.67. The number of sulfonamides is 1. The molecule has 2 aromatic carbocycles. The van der Waals surface area contributed by atoms with E-state index < -0.39 is 24.2 Å². The fourth-order valence-corrected chi connectivity index (χ4v) is 4.25. The summed E-state index contributed by atoms with van der Waals surface area (Å²) in [6, 6.07) is 12.6. The molecule has 9 heteroatoms. The average molecular weight is 393 g/mol. The van der Waals surface area contributed by atoms with Gasteiger partial charge in [-0.15, -0.1) is 0 Å². The van der Waals surface area contributed by atoms with Gasteiger partial charge in [-0.25, -0.2) is 13.9 Å². The van der Waals surface area contributed by atoms with E-state index >= 15 is 0 Å². The molecule has 0 unspecified atom stereocenters. The van der Waals surface area contributed by atoms with Gasteiger partial charge in [0.2, 0.25) is 8.32 Å². The van der Waals surface area contributed by atoms with E-state index in [4.69, 9.17) is 5.21 Å². The van der Waals surface area contributed by atoms with Gasteiger partial charge in [0.05, 0.1) is 4.90 Å². The van der Waals surface area contributed by atoms with E-state index in [1.807, 2.05) is 0 Å². The Balaban J connectivity index is 2.22. The first-order chi connectivity index (χ1) is 12.1. The van der Waals surface area contributed by atoms with Gasteiger partial charge >= 0.3 is 0 Å². The van der Waals surface area contributed by atoms with Gasteiger partial charge in [0.25, 0.3) is 15.9 Å². The zero-order valence-electron chi connectivity index (χ0n) is 14.3. The van der Waals surface area contributed by atoms with Crippen molar-refractivity contribution < 1.29 is 23.2 Å². The molecule has 2 rings (SSSR count). The lowest BCUT2D eigenvalue weighted by atomic mass is 10.2. The Kier molecular flexibility index (Phi) is 5.98. The van der Waals surface area contributed by atoms with E-state index in [0.717, 1.165) is 11.3 Å². The number of rotatable bonds is 6. The summed E-state index contributed by atoms with van der Waals surface area (Å²) in [5, 5.41) is 9.26. The van der Waals surface area contributed by atoms with Gasteiger partial charge in [-0.2, -0.15) is 0 Å². The predicted molar refractivity (Wildman–Crippen MR) is 102 cm³/mol. The zero-order valence-corrected chi connectivity index (χ0v) is 16.1. The Morgan fingerprint density at radius 2 is 1.77 bits per heavy atom. The lowest BCUT2D eigenvalue weighted by Crippen LogP contribution is -2.41. The van der Waals surface area contributed by atoms with Crippen LogP contribution in [0.4, 0.5) is 5.69 Å². The molecule has 0 atom stereocenters. The topological polar surface area (TPSA) is 116 Å². The van der Waals surface area contributed by atoms with E-state index in [9.17, 15) is 18.0 Å². The second-order valence-electron chi connectivity index (χ2n) is 6.12. The van der Waals surface area contributed by atoms with Crippen LogP contribution in [0.3, 0.4) is 0 Å². The van der Waals surface area contributed by atoms with E-state index in [0.29, 0.717) is 11.3 Å². The number of carbonyl (C=O) groups excluding carboxylic acids is 1. The van der Waals surface area contributed by atoms with Crippen molar-refractivity contribution >= 4 is 41.2 Å².